The van der Waals surface area contributed by atoms with Crippen molar-refractivity contribution in [3.05, 3.63) is 34.3 Å². The Bertz CT molecular complexity index is 353. The van der Waals surface area contributed by atoms with Crippen LogP contribution < -0.4 is 5.32 Å². The van der Waals surface area contributed by atoms with Crippen LogP contribution in [0.25, 0.3) is 0 Å². The Morgan fingerprint density at radius 1 is 1.41 bits per heavy atom. The summed E-state index contributed by atoms with van der Waals surface area (Å²) in [7, 11) is 0. The number of halogens is 2. The summed E-state index contributed by atoms with van der Waals surface area (Å²) >= 11 is 9.05. The molecule has 0 aliphatic rings. The van der Waals surface area contributed by atoms with Crippen molar-refractivity contribution < 1.29 is 4.79 Å². The van der Waals surface area contributed by atoms with Crippen LogP contribution in [0.4, 0.5) is 0 Å². The minimum Gasteiger partial charge on any atom is -0.352 e. The zero-order valence-corrected chi connectivity index (χ0v) is 12.2. The van der Waals surface area contributed by atoms with Gasteiger partial charge in [0, 0.05) is 22.5 Å². The Kier molecular flexibility index (Phi) is 6.60. The van der Waals surface area contributed by atoms with Gasteiger partial charge in [-0.2, -0.15) is 0 Å². The second-order valence-electron chi connectivity index (χ2n) is 3.97. The van der Waals surface area contributed by atoms with E-state index in [1.807, 2.05) is 24.3 Å². The lowest BCUT2D eigenvalue weighted by Gasteiger charge is -2.14. The molecule has 0 radical (unpaired) electrons. The van der Waals surface area contributed by atoms with Gasteiger partial charge in [-0.05, 0) is 36.6 Å². The number of benzene rings is 1. The van der Waals surface area contributed by atoms with E-state index in [2.05, 4.69) is 28.2 Å². The van der Waals surface area contributed by atoms with Crippen LogP contribution >= 0.6 is 27.5 Å². The fourth-order valence-electron chi connectivity index (χ4n) is 1.55. The molecule has 1 unspecified atom stereocenters. The molecule has 17 heavy (non-hydrogen) atoms. The highest BCUT2D eigenvalue weighted by Gasteiger charge is 2.09. The fourth-order valence-corrected chi connectivity index (χ4v) is 2.12. The zero-order valence-electron chi connectivity index (χ0n) is 9.88. The molecule has 0 aliphatic heterocycles. The van der Waals surface area contributed by atoms with Gasteiger partial charge in [-0.1, -0.05) is 29.3 Å². The van der Waals surface area contributed by atoms with Gasteiger partial charge in [0.25, 0.3) is 5.91 Å². The van der Waals surface area contributed by atoms with Gasteiger partial charge in [0.2, 0.25) is 0 Å². The highest BCUT2D eigenvalue weighted by Crippen LogP contribution is 2.11. The van der Waals surface area contributed by atoms with Gasteiger partial charge in [0.15, 0.2) is 0 Å². The number of carbonyl (C=O) groups excluding carboxylic acids is 1. The molecule has 1 N–H and O–H groups in total. The average Bonchev–Trinajstić information content (AvgIpc) is 2.35. The van der Waals surface area contributed by atoms with Gasteiger partial charge in [-0.3, -0.25) is 4.79 Å². The van der Waals surface area contributed by atoms with E-state index in [-0.39, 0.29) is 5.91 Å². The first kappa shape index (κ1) is 14.5. The molecule has 0 bridgehead atoms. The molecule has 1 rings (SSSR count). The SMILES string of the molecule is CCC(CCCl)CNC(=O)c1ccc(Br)cc1. The van der Waals surface area contributed by atoms with Gasteiger partial charge in [-0.25, -0.2) is 0 Å². The maximum absolute atomic E-state index is 11.8. The largest absolute Gasteiger partial charge is 0.352 e. The highest BCUT2D eigenvalue weighted by atomic mass is 79.9. The topological polar surface area (TPSA) is 29.1 Å². The summed E-state index contributed by atoms with van der Waals surface area (Å²) in [6.07, 6.45) is 1.98. The predicted molar refractivity (Wildman–Crippen MR) is 75.6 cm³/mol. The summed E-state index contributed by atoms with van der Waals surface area (Å²) in [5, 5.41) is 2.94. The molecular weight excluding hydrogens is 302 g/mol. The maximum atomic E-state index is 11.8. The van der Waals surface area contributed by atoms with Crippen LogP contribution in [0.3, 0.4) is 0 Å². The highest BCUT2D eigenvalue weighted by molar-refractivity contribution is 9.10. The third-order valence-electron chi connectivity index (χ3n) is 2.75. The van der Waals surface area contributed by atoms with Crippen LogP contribution in [0.1, 0.15) is 30.1 Å². The molecule has 0 aliphatic carbocycles. The molecule has 0 fully saturated rings. The van der Waals surface area contributed by atoms with Crippen molar-refractivity contribution in [2.24, 2.45) is 5.92 Å². The molecule has 4 heteroatoms. The predicted octanol–water partition coefficient (Wildman–Crippen LogP) is 3.83. The van der Waals surface area contributed by atoms with E-state index in [1.165, 1.54) is 0 Å². The lowest BCUT2D eigenvalue weighted by molar-refractivity contribution is 0.0946. The van der Waals surface area contributed by atoms with Crippen molar-refractivity contribution in [3.63, 3.8) is 0 Å². The number of rotatable bonds is 6. The molecule has 1 aromatic carbocycles. The van der Waals surface area contributed by atoms with E-state index in [0.717, 1.165) is 17.3 Å². The molecule has 0 heterocycles. The zero-order chi connectivity index (χ0) is 12.7. The van der Waals surface area contributed by atoms with E-state index in [4.69, 9.17) is 11.6 Å². The molecule has 0 saturated carbocycles. The van der Waals surface area contributed by atoms with Gasteiger partial charge in [-0.15, -0.1) is 11.6 Å². The molecule has 0 aromatic heterocycles. The first-order valence-electron chi connectivity index (χ1n) is 5.77. The Morgan fingerprint density at radius 3 is 2.59 bits per heavy atom. The number of hydrogen-bond donors (Lipinski definition) is 1. The molecule has 1 amide bonds. The van der Waals surface area contributed by atoms with Crippen LogP contribution in [0.5, 0.6) is 0 Å². The third-order valence-corrected chi connectivity index (χ3v) is 3.50. The molecule has 0 saturated heterocycles. The Balaban J connectivity index is 2.46. The lowest BCUT2D eigenvalue weighted by Crippen LogP contribution is -2.29. The van der Waals surface area contributed by atoms with Gasteiger partial charge in [0.05, 0.1) is 0 Å². The van der Waals surface area contributed by atoms with Crippen LogP contribution in [-0.4, -0.2) is 18.3 Å². The second-order valence-corrected chi connectivity index (χ2v) is 5.26. The number of amides is 1. The minimum atomic E-state index is -0.0227. The third kappa shape index (κ3) is 5.09. The molecule has 1 atom stereocenters. The summed E-state index contributed by atoms with van der Waals surface area (Å²) in [4.78, 5) is 11.8. The first-order valence-corrected chi connectivity index (χ1v) is 7.09. The van der Waals surface area contributed by atoms with E-state index < -0.39 is 0 Å². The van der Waals surface area contributed by atoms with Crippen LogP contribution in [0.15, 0.2) is 28.7 Å². The van der Waals surface area contributed by atoms with Crippen molar-refractivity contribution in [2.45, 2.75) is 19.8 Å². The van der Waals surface area contributed by atoms with Crippen molar-refractivity contribution >= 4 is 33.4 Å². The van der Waals surface area contributed by atoms with Crippen LogP contribution in [0, 0.1) is 5.92 Å². The van der Waals surface area contributed by atoms with Gasteiger partial charge in [0.1, 0.15) is 0 Å². The van der Waals surface area contributed by atoms with Gasteiger partial charge >= 0.3 is 0 Å². The van der Waals surface area contributed by atoms with E-state index in [0.29, 0.717) is 23.9 Å². The summed E-state index contributed by atoms with van der Waals surface area (Å²) < 4.78 is 0.975. The second kappa shape index (κ2) is 7.72. The minimum absolute atomic E-state index is 0.0227. The lowest BCUT2D eigenvalue weighted by atomic mass is 10.0. The van der Waals surface area contributed by atoms with Crippen molar-refractivity contribution in [3.8, 4) is 0 Å². The number of alkyl halides is 1. The summed E-state index contributed by atoms with van der Waals surface area (Å²) in [6.45, 7) is 2.81. The monoisotopic (exact) mass is 317 g/mol. The molecule has 0 spiro atoms. The van der Waals surface area contributed by atoms with E-state index in [9.17, 15) is 4.79 Å². The first-order chi connectivity index (χ1) is 8.17. The summed E-state index contributed by atoms with van der Waals surface area (Å²) in [6, 6.07) is 7.35. The standard InChI is InChI=1S/C13H17BrClNO/c1-2-10(7-8-15)9-16-13(17)11-3-5-12(14)6-4-11/h3-6,10H,2,7-9H2,1H3,(H,16,17). The Hall–Kier alpha value is -0.540. The Labute approximate surface area is 116 Å². The maximum Gasteiger partial charge on any atom is 0.251 e. The average molecular weight is 319 g/mol. The molecule has 1 aromatic rings. The van der Waals surface area contributed by atoms with Crippen molar-refractivity contribution in [1.29, 1.82) is 0 Å². The van der Waals surface area contributed by atoms with Crippen LogP contribution in [-0.2, 0) is 0 Å². The van der Waals surface area contributed by atoms with E-state index in [1.54, 1.807) is 0 Å². The number of nitrogens with one attached hydrogen (secondary N) is 1. The van der Waals surface area contributed by atoms with Crippen LogP contribution in [0.2, 0.25) is 0 Å². The number of hydrogen-bond acceptors (Lipinski definition) is 1. The molecule has 94 valence electrons. The summed E-state index contributed by atoms with van der Waals surface area (Å²) in [5.41, 5.74) is 0.689. The normalized spacial score (nSPS) is 12.2. The Morgan fingerprint density at radius 2 is 2.06 bits per heavy atom. The van der Waals surface area contributed by atoms with Gasteiger partial charge < -0.3 is 5.32 Å². The quantitative estimate of drug-likeness (QED) is 0.793. The fraction of sp³-hybridized carbons (Fsp3) is 0.462. The van der Waals surface area contributed by atoms with Crippen molar-refractivity contribution in [2.75, 3.05) is 12.4 Å². The summed E-state index contributed by atoms with van der Waals surface area (Å²) in [5.74, 6) is 1.09. The van der Waals surface area contributed by atoms with Crippen molar-refractivity contribution in [1.82, 2.24) is 5.32 Å². The number of carbonyl (C=O) groups is 1. The molecular formula is C13H17BrClNO. The van der Waals surface area contributed by atoms with E-state index >= 15 is 0 Å². The smallest absolute Gasteiger partial charge is 0.251 e. The molecule has 2 nitrogen and oxygen atoms in total.